The van der Waals surface area contributed by atoms with Gasteiger partial charge in [0.2, 0.25) is 5.91 Å². The summed E-state index contributed by atoms with van der Waals surface area (Å²) in [5.74, 6) is 0.580. The summed E-state index contributed by atoms with van der Waals surface area (Å²) >= 11 is 4.98. The molecule has 6 nitrogen and oxygen atoms in total. The first-order valence-electron chi connectivity index (χ1n) is 5.69. The highest BCUT2D eigenvalue weighted by atomic mass is 32.1. The first kappa shape index (κ1) is 14.4. The summed E-state index contributed by atoms with van der Waals surface area (Å²) in [6, 6.07) is 0.114. The molecule has 1 heterocycles. The molecule has 100 valence electrons. The Morgan fingerprint density at radius 1 is 1.56 bits per heavy atom. The zero-order chi connectivity index (χ0) is 13.9. The Kier molecular flexibility index (Phi) is 4.66. The van der Waals surface area contributed by atoms with Gasteiger partial charge in [-0.15, -0.1) is 0 Å². The van der Waals surface area contributed by atoms with Crippen molar-refractivity contribution < 1.29 is 4.79 Å². The lowest BCUT2D eigenvalue weighted by Gasteiger charge is -2.11. The van der Waals surface area contributed by atoms with Crippen molar-refractivity contribution in [3.63, 3.8) is 0 Å². The van der Waals surface area contributed by atoms with Crippen LogP contribution in [0.5, 0.6) is 0 Å². The number of anilines is 1. The maximum absolute atomic E-state index is 11.6. The van der Waals surface area contributed by atoms with Gasteiger partial charge >= 0.3 is 0 Å². The second-order valence-corrected chi connectivity index (χ2v) is 4.81. The molecule has 7 heteroatoms. The lowest BCUT2D eigenvalue weighted by atomic mass is 10.2. The fourth-order valence-corrected chi connectivity index (χ4v) is 1.94. The molecular weight excluding hydrogens is 250 g/mol. The molecule has 0 aromatic carbocycles. The van der Waals surface area contributed by atoms with E-state index >= 15 is 0 Å². The summed E-state index contributed by atoms with van der Waals surface area (Å²) in [5, 5.41) is 10.0. The number of nitrogens with zero attached hydrogens (tertiary/aromatic N) is 2. The molecule has 1 amide bonds. The van der Waals surface area contributed by atoms with Gasteiger partial charge in [0, 0.05) is 13.1 Å². The van der Waals surface area contributed by atoms with E-state index in [1.54, 1.807) is 11.7 Å². The maximum Gasteiger partial charge on any atom is 0.239 e. The first-order chi connectivity index (χ1) is 8.32. The first-order valence-corrected chi connectivity index (χ1v) is 6.10. The van der Waals surface area contributed by atoms with Crippen molar-refractivity contribution in [2.24, 2.45) is 12.8 Å². The van der Waals surface area contributed by atoms with Gasteiger partial charge in [-0.2, -0.15) is 5.10 Å². The van der Waals surface area contributed by atoms with E-state index in [0.29, 0.717) is 11.4 Å². The normalized spacial score (nSPS) is 10.5. The molecule has 0 spiro atoms. The number of nitrogens with two attached hydrogens (primary N) is 1. The monoisotopic (exact) mass is 269 g/mol. The number of aryl methyl sites for hydroxylation is 2. The molecule has 1 aromatic heterocycles. The van der Waals surface area contributed by atoms with Gasteiger partial charge in [0.1, 0.15) is 10.8 Å². The summed E-state index contributed by atoms with van der Waals surface area (Å²) < 4.78 is 1.63. The molecule has 0 unspecified atom stereocenters. The Hall–Kier alpha value is -1.63. The van der Waals surface area contributed by atoms with Crippen LogP contribution in [0.25, 0.3) is 0 Å². The molecule has 4 N–H and O–H groups in total. The SMILES string of the molecule is Cc1nn(C)c(NCC(=O)NC(C)C)c1C(N)=S. The van der Waals surface area contributed by atoms with Crippen LogP contribution in [0, 0.1) is 6.92 Å². The molecule has 0 aliphatic heterocycles. The maximum atomic E-state index is 11.6. The number of carbonyl (C=O) groups excluding carboxylic acids is 1. The van der Waals surface area contributed by atoms with Crippen LogP contribution in [0.3, 0.4) is 0 Å². The van der Waals surface area contributed by atoms with Gasteiger partial charge in [0.05, 0.1) is 17.8 Å². The second kappa shape index (κ2) is 5.81. The van der Waals surface area contributed by atoms with Crippen LogP contribution < -0.4 is 16.4 Å². The van der Waals surface area contributed by atoms with E-state index in [9.17, 15) is 4.79 Å². The number of amides is 1. The van der Waals surface area contributed by atoms with Gasteiger partial charge in [-0.1, -0.05) is 12.2 Å². The highest BCUT2D eigenvalue weighted by Crippen LogP contribution is 2.18. The van der Waals surface area contributed by atoms with Crippen molar-refractivity contribution in [1.29, 1.82) is 0 Å². The molecule has 0 fully saturated rings. The molecular formula is C11H19N5OS. The summed E-state index contributed by atoms with van der Waals surface area (Å²) in [7, 11) is 1.78. The van der Waals surface area contributed by atoms with Crippen LogP contribution in [-0.2, 0) is 11.8 Å². The highest BCUT2D eigenvalue weighted by Gasteiger charge is 2.16. The van der Waals surface area contributed by atoms with Crippen LogP contribution in [0.1, 0.15) is 25.1 Å². The Labute approximate surface area is 112 Å². The second-order valence-electron chi connectivity index (χ2n) is 4.37. The summed E-state index contributed by atoms with van der Waals surface area (Å²) in [6.07, 6.45) is 0. The zero-order valence-corrected chi connectivity index (χ0v) is 11.9. The van der Waals surface area contributed by atoms with Crippen molar-refractivity contribution in [2.75, 3.05) is 11.9 Å². The molecule has 0 aliphatic carbocycles. The number of rotatable bonds is 5. The van der Waals surface area contributed by atoms with Gasteiger partial charge in [0.25, 0.3) is 0 Å². The number of carbonyl (C=O) groups is 1. The Morgan fingerprint density at radius 3 is 2.67 bits per heavy atom. The lowest BCUT2D eigenvalue weighted by molar-refractivity contribution is -0.119. The van der Waals surface area contributed by atoms with Gasteiger partial charge in [-0.3, -0.25) is 9.48 Å². The minimum absolute atomic E-state index is 0.0854. The van der Waals surface area contributed by atoms with E-state index in [1.165, 1.54) is 0 Å². The largest absolute Gasteiger partial charge is 0.389 e. The van der Waals surface area contributed by atoms with E-state index in [0.717, 1.165) is 5.69 Å². The number of thiocarbonyl (C=S) groups is 1. The lowest BCUT2D eigenvalue weighted by Crippen LogP contribution is -2.35. The van der Waals surface area contributed by atoms with Crippen molar-refractivity contribution >= 4 is 28.9 Å². The molecule has 0 atom stereocenters. The predicted molar refractivity (Wildman–Crippen MR) is 75.6 cm³/mol. The summed E-state index contributed by atoms with van der Waals surface area (Å²) in [5.41, 5.74) is 7.09. The van der Waals surface area contributed by atoms with Crippen LogP contribution in [0.15, 0.2) is 0 Å². The zero-order valence-electron chi connectivity index (χ0n) is 11.1. The van der Waals surface area contributed by atoms with Gasteiger partial charge in [-0.25, -0.2) is 0 Å². The van der Waals surface area contributed by atoms with E-state index in [1.807, 2.05) is 20.8 Å². The minimum atomic E-state index is -0.0854. The topological polar surface area (TPSA) is 85.0 Å². The summed E-state index contributed by atoms with van der Waals surface area (Å²) in [4.78, 5) is 11.8. The number of hydrogen-bond donors (Lipinski definition) is 3. The molecule has 1 rings (SSSR count). The van der Waals surface area contributed by atoms with Crippen LogP contribution in [-0.4, -0.2) is 33.3 Å². The van der Waals surface area contributed by atoms with E-state index in [-0.39, 0.29) is 23.5 Å². The van der Waals surface area contributed by atoms with Crippen molar-refractivity contribution in [3.05, 3.63) is 11.3 Å². The Morgan fingerprint density at radius 2 is 2.17 bits per heavy atom. The van der Waals surface area contributed by atoms with Crippen LogP contribution in [0.2, 0.25) is 0 Å². The van der Waals surface area contributed by atoms with Crippen molar-refractivity contribution in [3.8, 4) is 0 Å². The third kappa shape index (κ3) is 3.43. The average Bonchev–Trinajstić information content (AvgIpc) is 2.49. The van der Waals surface area contributed by atoms with Gasteiger partial charge < -0.3 is 16.4 Å². The molecule has 0 radical (unpaired) electrons. The van der Waals surface area contributed by atoms with Crippen molar-refractivity contribution in [2.45, 2.75) is 26.8 Å². The average molecular weight is 269 g/mol. The number of nitrogens with one attached hydrogen (secondary N) is 2. The summed E-state index contributed by atoms with van der Waals surface area (Å²) in [6.45, 7) is 5.81. The standard InChI is InChI=1S/C11H19N5OS/c1-6(2)14-8(17)5-13-11-9(10(12)18)7(3)15-16(11)4/h6,13H,5H2,1-4H3,(H2,12,18)(H,14,17). The third-order valence-electron chi connectivity index (χ3n) is 2.33. The molecule has 18 heavy (non-hydrogen) atoms. The fourth-order valence-electron chi connectivity index (χ4n) is 1.69. The highest BCUT2D eigenvalue weighted by molar-refractivity contribution is 7.80. The molecule has 1 aromatic rings. The van der Waals surface area contributed by atoms with E-state index < -0.39 is 0 Å². The predicted octanol–water partition coefficient (Wildman–Crippen LogP) is 0.299. The Balaban J connectivity index is 2.79. The van der Waals surface area contributed by atoms with E-state index in [4.69, 9.17) is 18.0 Å². The van der Waals surface area contributed by atoms with Crippen LogP contribution in [0.4, 0.5) is 5.82 Å². The smallest absolute Gasteiger partial charge is 0.239 e. The van der Waals surface area contributed by atoms with Gasteiger partial charge in [-0.05, 0) is 20.8 Å². The molecule has 0 saturated heterocycles. The number of aromatic nitrogens is 2. The van der Waals surface area contributed by atoms with Gasteiger partial charge in [0.15, 0.2) is 0 Å². The quantitative estimate of drug-likeness (QED) is 0.669. The molecule has 0 aliphatic rings. The Bertz CT molecular complexity index is 466. The van der Waals surface area contributed by atoms with E-state index in [2.05, 4.69) is 15.7 Å². The molecule has 0 bridgehead atoms. The van der Waals surface area contributed by atoms with Crippen molar-refractivity contribution in [1.82, 2.24) is 15.1 Å². The third-order valence-corrected chi connectivity index (χ3v) is 2.54. The fraction of sp³-hybridized carbons (Fsp3) is 0.545. The molecule has 0 saturated carbocycles. The number of hydrogen-bond acceptors (Lipinski definition) is 4. The van der Waals surface area contributed by atoms with Crippen LogP contribution >= 0.6 is 12.2 Å². The minimum Gasteiger partial charge on any atom is -0.389 e.